The van der Waals surface area contributed by atoms with Gasteiger partial charge in [-0.1, -0.05) is 29.3 Å². The van der Waals surface area contributed by atoms with Crippen LogP contribution in [0, 0.1) is 5.92 Å². The fourth-order valence-electron chi connectivity index (χ4n) is 1.53. The summed E-state index contributed by atoms with van der Waals surface area (Å²) >= 11 is 11.9. The maximum absolute atomic E-state index is 11.8. The second-order valence-corrected chi connectivity index (χ2v) is 4.65. The van der Waals surface area contributed by atoms with E-state index >= 15 is 0 Å². The number of amides is 1. The fourth-order valence-corrected chi connectivity index (χ4v) is 2.10. The lowest BCUT2D eigenvalue weighted by Crippen LogP contribution is -2.48. The average molecular weight is 296 g/mol. The van der Waals surface area contributed by atoms with E-state index in [0.29, 0.717) is 28.1 Å². The van der Waals surface area contributed by atoms with Gasteiger partial charge in [-0.2, -0.15) is 0 Å². The summed E-state index contributed by atoms with van der Waals surface area (Å²) in [6.45, 7) is 2.57. The first-order chi connectivity index (χ1) is 7.68. The zero-order valence-electron chi connectivity index (χ0n) is 9.00. The van der Waals surface area contributed by atoms with Crippen molar-refractivity contribution in [2.75, 3.05) is 19.6 Å². The topological polar surface area (TPSA) is 41.1 Å². The Hall–Kier alpha value is -0.480. The predicted octanol–water partition coefficient (Wildman–Crippen LogP) is 2.36. The normalized spacial score (nSPS) is 14.7. The van der Waals surface area contributed by atoms with Crippen LogP contribution in [-0.2, 0) is 0 Å². The quantitative estimate of drug-likeness (QED) is 0.899. The highest BCUT2D eigenvalue weighted by molar-refractivity contribution is 6.39. The van der Waals surface area contributed by atoms with Gasteiger partial charge >= 0.3 is 0 Å². The number of rotatable bonds is 3. The van der Waals surface area contributed by atoms with Gasteiger partial charge in [0.1, 0.15) is 0 Å². The largest absolute Gasteiger partial charge is 0.352 e. The van der Waals surface area contributed by atoms with Crippen LogP contribution in [0.3, 0.4) is 0 Å². The van der Waals surface area contributed by atoms with Crippen LogP contribution in [0.4, 0.5) is 0 Å². The molecule has 1 aromatic rings. The molecular formula is C11H13Cl3N2O. The third kappa shape index (κ3) is 3.49. The highest BCUT2D eigenvalue weighted by atomic mass is 35.5. The van der Waals surface area contributed by atoms with Crippen molar-refractivity contribution in [3.63, 3.8) is 0 Å². The molecule has 17 heavy (non-hydrogen) atoms. The molecule has 0 radical (unpaired) electrons. The molecule has 1 aliphatic rings. The molecule has 0 saturated carbocycles. The Kier molecular flexibility index (Phi) is 5.53. The van der Waals surface area contributed by atoms with E-state index in [1.807, 2.05) is 0 Å². The van der Waals surface area contributed by atoms with Crippen LogP contribution in [0.25, 0.3) is 0 Å². The molecule has 2 N–H and O–H groups in total. The molecule has 94 valence electrons. The van der Waals surface area contributed by atoms with E-state index in [4.69, 9.17) is 23.2 Å². The van der Waals surface area contributed by atoms with Gasteiger partial charge in [0.15, 0.2) is 0 Å². The van der Waals surface area contributed by atoms with Crippen molar-refractivity contribution in [3.05, 3.63) is 33.8 Å². The molecule has 1 heterocycles. The fraction of sp³-hybridized carbons (Fsp3) is 0.364. The summed E-state index contributed by atoms with van der Waals surface area (Å²) in [5.41, 5.74) is 0.359. The highest BCUT2D eigenvalue weighted by Crippen LogP contribution is 2.23. The van der Waals surface area contributed by atoms with Crippen LogP contribution in [0.15, 0.2) is 18.2 Å². The summed E-state index contributed by atoms with van der Waals surface area (Å²) in [5, 5.41) is 6.75. The van der Waals surface area contributed by atoms with E-state index in [0.717, 1.165) is 13.1 Å². The van der Waals surface area contributed by atoms with Gasteiger partial charge in [-0.3, -0.25) is 4.79 Å². The van der Waals surface area contributed by atoms with E-state index in [-0.39, 0.29) is 18.3 Å². The summed E-state index contributed by atoms with van der Waals surface area (Å²) in [6.07, 6.45) is 0. The Morgan fingerprint density at radius 2 is 1.94 bits per heavy atom. The number of carbonyl (C=O) groups excluding carboxylic acids is 1. The van der Waals surface area contributed by atoms with Crippen LogP contribution >= 0.6 is 35.6 Å². The molecule has 3 nitrogen and oxygen atoms in total. The third-order valence-corrected chi connectivity index (χ3v) is 3.24. The summed E-state index contributed by atoms with van der Waals surface area (Å²) in [4.78, 5) is 11.8. The van der Waals surface area contributed by atoms with Crippen molar-refractivity contribution in [1.29, 1.82) is 0 Å². The number of halogens is 3. The molecule has 1 aliphatic heterocycles. The van der Waals surface area contributed by atoms with Crippen molar-refractivity contribution in [2.45, 2.75) is 0 Å². The van der Waals surface area contributed by atoms with Crippen LogP contribution in [0.5, 0.6) is 0 Å². The van der Waals surface area contributed by atoms with E-state index < -0.39 is 0 Å². The maximum Gasteiger partial charge on any atom is 0.254 e. The number of carbonyl (C=O) groups is 1. The molecule has 2 rings (SSSR count). The molecule has 0 atom stereocenters. The molecule has 1 saturated heterocycles. The summed E-state index contributed by atoms with van der Waals surface area (Å²) in [5.74, 6) is 0.313. The second-order valence-electron chi connectivity index (χ2n) is 3.83. The molecule has 6 heteroatoms. The summed E-state index contributed by atoms with van der Waals surface area (Å²) in [7, 11) is 0. The minimum absolute atomic E-state index is 0. The van der Waals surface area contributed by atoms with Crippen LogP contribution in [0.2, 0.25) is 10.0 Å². The average Bonchev–Trinajstić information content (AvgIpc) is 2.15. The van der Waals surface area contributed by atoms with Gasteiger partial charge in [-0.25, -0.2) is 0 Å². The Balaban J connectivity index is 0.00000144. The Morgan fingerprint density at radius 1 is 1.35 bits per heavy atom. The number of hydrogen-bond acceptors (Lipinski definition) is 2. The first kappa shape index (κ1) is 14.6. The predicted molar refractivity (Wildman–Crippen MR) is 72.4 cm³/mol. The van der Waals surface area contributed by atoms with Crippen LogP contribution in [-0.4, -0.2) is 25.5 Å². The van der Waals surface area contributed by atoms with Gasteiger partial charge in [0, 0.05) is 25.6 Å². The molecule has 0 unspecified atom stereocenters. The monoisotopic (exact) mass is 294 g/mol. The number of hydrogen-bond donors (Lipinski definition) is 2. The highest BCUT2D eigenvalue weighted by Gasteiger charge is 2.19. The summed E-state index contributed by atoms with van der Waals surface area (Å²) in [6, 6.07) is 5.04. The van der Waals surface area contributed by atoms with Crippen molar-refractivity contribution in [1.82, 2.24) is 10.6 Å². The van der Waals surface area contributed by atoms with Crippen molar-refractivity contribution >= 4 is 41.5 Å². The third-order valence-electron chi connectivity index (χ3n) is 2.61. The number of nitrogens with one attached hydrogen (secondary N) is 2. The van der Waals surface area contributed by atoms with Gasteiger partial charge in [-0.05, 0) is 12.1 Å². The lowest BCUT2D eigenvalue weighted by molar-refractivity contribution is 0.0942. The molecular weight excluding hydrogens is 282 g/mol. The maximum atomic E-state index is 11.8. The Labute approximate surface area is 116 Å². The van der Waals surface area contributed by atoms with E-state index in [1.54, 1.807) is 18.2 Å². The molecule has 0 spiro atoms. The summed E-state index contributed by atoms with van der Waals surface area (Å²) < 4.78 is 0. The van der Waals surface area contributed by atoms with Crippen molar-refractivity contribution < 1.29 is 4.79 Å². The minimum Gasteiger partial charge on any atom is -0.352 e. The second kappa shape index (κ2) is 6.45. The SMILES string of the molecule is Cl.O=C(NCC1CNC1)c1c(Cl)cccc1Cl. The van der Waals surface area contributed by atoms with E-state index in [9.17, 15) is 4.79 Å². The molecule has 0 aromatic heterocycles. The van der Waals surface area contributed by atoms with Gasteiger partial charge in [0.25, 0.3) is 5.91 Å². The van der Waals surface area contributed by atoms with E-state index in [1.165, 1.54) is 0 Å². The van der Waals surface area contributed by atoms with Crippen molar-refractivity contribution in [2.24, 2.45) is 5.92 Å². The Bertz CT molecular complexity index is 387. The zero-order chi connectivity index (χ0) is 11.5. The molecule has 1 amide bonds. The molecule has 1 fully saturated rings. The van der Waals surface area contributed by atoms with Gasteiger partial charge in [0.05, 0.1) is 15.6 Å². The standard InChI is InChI=1S/C11H12Cl2N2O.ClH/c12-8-2-1-3-9(13)10(8)11(16)15-6-7-4-14-5-7;/h1-3,7,14H,4-6H2,(H,15,16);1H. The van der Waals surface area contributed by atoms with Crippen LogP contribution in [0.1, 0.15) is 10.4 Å². The van der Waals surface area contributed by atoms with Gasteiger partial charge in [0.2, 0.25) is 0 Å². The lowest BCUT2D eigenvalue weighted by atomic mass is 10.0. The zero-order valence-corrected chi connectivity index (χ0v) is 11.3. The first-order valence-corrected chi connectivity index (χ1v) is 5.87. The van der Waals surface area contributed by atoms with Crippen molar-refractivity contribution in [3.8, 4) is 0 Å². The van der Waals surface area contributed by atoms with Crippen LogP contribution < -0.4 is 10.6 Å². The number of benzene rings is 1. The first-order valence-electron chi connectivity index (χ1n) is 5.11. The molecule has 0 bridgehead atoms. The van der Waals surface area contributed by atoms with Gasteiger partial charge < -0.3 is 10.6 Å². The lowest BCUT2D eigenvalue weighted by Gasteiger charge is -2.27. The minimum atomic E-state index is -0.206. The smallest absolute Gasteiger partial charge is 0.254 e. The Morgan fingerprint density at radius 3 is 2.41 bits per heavy atom. The molecule has 1 aromatic carbocycles. The van der Waals surface area contributed by atoms with Gasteiger partial charge in [-0.15, -0.1) is 12.4 Å². The van der Waals surface area contributed by atoms with E-state index in [2.05, 4.69) is 10.6 Å². The molecule has 0 aliphatic carbocycles.